The van der Waals surface area contributed by atoms with Crippen molar-refractivity contribution in [3.63, 3.8) is 0 Å². The van der Waals surface area contributed by atoms with Gasteiger partial charge in [-0.05, 0) is 35.1 Å². The number of hydrogen-bond acceptors (Lipinski definition) is 5. The molecule has 2 aliphatic heterocycles. The van der Waals surface area contributed by atoms with E-state index in [4.69, 9.17) is 9.47 Å². The molecule has 0 radical (unpaired) electrons. The van der Waals surface area contributed by atoms with Gasteiger partial charge in [0.1, 0.15) is 12.6 Å². The highest BCUT2D eigenvalue weighted by molar-refractivity contribution is 5.90. The zero-order valence-electron chi connectivity index (χ0n) is 19.1. The van der Waals surface area contributed by atoms with Gasteiger partial charge in [0.15, 0.2) is 0 Å². The third-order valence-electron chi connectivity index (χ3n) is 7.24. The number of benzene rings is 2. The van der Waals surface area contributed by atoms with Crippen LogP contribution in [0, 0.1) is 0 Å². The van der Waals surface area contributed by atoms with Gasteiger partial charge in [0.25, 0.3) is 0 Å². The van der Waals surface area contributed by atoms with Crippen LogP contribution in [0.25, 0.3) is 11.1 Å². The largest absolute Gasteiger partial charge is 0.481 e. The van der Waals surface area contributed by atoms with Crippen molar-refractivity contribution in [2.24, 2.45) is 0 Å². The van der Waals surface area contributed by atoms with Crippen LogP contribution in [0.15, 0.2) is 48.5 Å². The number of carboxylic acid groups (broad SMARTS) is 1. The Labute approximate surface area is 198 Å². The number of likely N-dealkylation sites (N-methyl/N-ethyl adjacent to an activating group) is 1. The Morgan fingerprint density at radius 1 is 1.03 bits per heavy atom. The first-order chi connectivity index (χ1) is 16.5. The number of fused-ring (bicyclic) bond motifs is 5. The Kier molecular flexibility index (Phi) is 6.00. The van der Waals surface area contributed by atoms with Crippen molar-refractivity contribution in [1.29, 1.82) is 0 Å². The van der Waals surface area contributed by atoms with Gasteiger partial charge in [-0.1, -0.05) is 48.5 Å². The number of ether oxygens (including phenoxy) is 2. The van der Waals surface area contributed by atoms with E-state index in [9.17, 15) is 19.5 Å². The minimum absolute atomic E-state index is 0.0709. The summed E-state index contributed by atoms with van der Waals surface area (Å²) in [6.07, 6.45) is 0.466. The first kappa shape index (κ1) is 22.4. The molecule has 2 heterocycles. The van der Waals surface area contributed by atoms with Gasteiger partial charge in [0, 0.05) is 13.0 Å². The van der Waals surface area contributed by atoms with Crippen LogP contribution < -0.4 is 0 Å². The predicted octanol–water partition coefficient (Wildman–Crippen LogP) is 3.10. The van der Waals surface area contributed by atoms with E-state index in [-0.39, 0.29) is 30.5 Å². The van der Waals surface area contributed by atoms with Gasteiger partial charge in [0.05, 0.1) is 31.7 Å². The van der Waals surface area contributed by atoms with Crippen molar-refractivity contribution >= 4 is 18.0 Å². The number of amides is 2. The molecular weight excluding hydrogens is 436 g/mol. The van der Waals surface area contributed by atoms with Crippen LogP contribution in [-0.2, 0) is 19.1 Å². The Balaban J connectivity index is 1.31. The van der Waals surface area contributed by atoms with E-state index >= 15 is 0 Å². The zero-order valence-corrected chi connectivity index (χ0v) is 19.1. The van der Waals surface area contributed by atoms with Gasteiger partial charge >= 0.3 is 12.1 Å². The molecule has 2 fully saturated rings. The van der Waals surface area contributed by atoms with E-state index in [1.807, 2.05) is 36.4 Å². The molecule has 8 nitrogen and oxygen atoms in total. The highest BCUT2D eigenvalue weighted by Crippen LogP contribution is 2.44. The minimum Gasteiger partial charge on any atom is -0.481 e. The van der Waals surface area contributed by atoms with Gasteiger partial charge in [-0.3, -0.25) is 14.5 Å². The number of aliphatic carboxylic acids is 1. The fraction of sp³-hybridized carbons (Fsp3) is 0.423. The standard InChI is InChI=1S/C26H28N2O6/c1-27(23(12-24(29)30)25(31)28-16-10-11-17(28)14-33-13-16)26(32)34-15-22-20-8-4-2-6-18(20)19-7-3-5-9-21(19)22/h2-9,16-17,22-23H,10-15H2,1H3,(H,29,30)/t16?,17?,23-/m0/s1. The SMILES string of the molecule is CN(C(=O)OCC1c2ccccc2-c2ccccc21)[C@@H](CC(=O)O)C(=O)N1C2CCC1COC2. The molecule has 5 rings (SSSR count). The highest BCUT2D eigenvalue weighted by Gasteiger charge is 2.45. The lowest BCUT2D eigenvalue weighted by atomic mass is 9.98. The molecule has 3 aliphatic rings. The van der Waals surface area contributed by atoms with Crippen LogP contribution >= 0.6 is 0 Å². The van der Waals surface area contributed by atoms with E-state index < -0.39 is 24.5 Å². The van der Waals surface area contributed by atoms with Gasteiger partial charge in [-0.15, -0.1) is 0 Å². The van der Waals surface area contributed by atoms with Crippen molar-refractivity contribution in [2.75, 3.05) is 26.9 Å². The van der Waals surface area contributed by atoms with E-state index in [2.05, 4.69) is 12.1 Å². The van der Waals surface area contributed by atoms with E-state index in [1.165, 1.54) is 7.05 Å². The maximum Gasteiger partial charge on any atom is 0.410 e. The molecule has 0 aromatic heterocycles. The molecule has 2 bridgehead atoms. The average molecular weight is 465 g/mol. The molecule has 34 heavy (non-hydrogen) atoms. The Bertz CT molecular complexity index is 1060. The van der Waals surface area contributed by atoms with Crippen molar-refractivity contribution in [3.8, 4) is 11.1 Å². The third kappa shape index (κ3) is 3.92. The predicted molar refractivity (Wildman–Crippen MR) is 123 cm³/mol. The number of nitrogens with zero attached hydrogens (tertiary/aromatic N) is 2. The highest BCUT2D eigenvalue weighted by atomic mass is 16.6. The normalized spacial score (nSPS) is 21.5. The molecule has 1 N–H and O–H groups in total. The molecule has 2 saturated heterocycles. The first-order valence-electron chi connectivity index (χ1n) is 11.6. The van der Waals surface area contributed by atoms with Crippen molar-refractivity contribution in [1.82, 2.24) is 9.80 Å². The van der Waals surface area contributed by atoms with Crippen molar-refractivity contribution in [2.45, 2.75) is 43.3 Å². The van der Waals surface area contributed by atoms with Crippen LogP contribution in [0.3, 0.4) is 0 Å². The quantitative estimate of drug-likeness (QED) is 0.706. The lowest BCUT2D eigenvalue weighted by Gasteiger charge is -2.38. The molecule has 1 aliphatic carbocycles. The second-order valence-corrected chi connectivity index (χ2v) is 9.20. The number of carboxylic acids is 1. The summed E-state index contributed by atoms with van der Waals surface area (Å²) >= 11 is 0. The molecule has 3 atom stereocenters. The molecule has 0 spiro atoms. The molecule has 0 saturated carbocycles. The maximum atomic E-state index is 13.4. The summed E-state index contributed by atoms with van der Waals surface area (Å²) in [6.45, 7) is 0.987. The first-order valence-corrected chi connectivity index (χ1v) is 11.6. The molecule has 178 valence electrons. The number of carbonyl (C=O) groups is 3. The fourth-order valence-corrected chi connectivity index (χ4v) is 5.54. The fourth-order valence-electron chi connectivity index (χ4n) is 5.54. The van der Waals surface area contributed by atoms with E-state index in [0.717, 1.165) is 40.0 Å². The summed E-state index contributed by atoms with van der Waals surface area (Å²) in [7, 11) is 1.44. The maximum absolute atomic E-state index is 13.4. The van der Waals surface area contributed by atoms with Gasteiger partial charge in [-0.25, -0.2) is 4.79 Å². The molecule has 2 unspecified atom stereocenters. The summed E-state index contributed by atoms with van der Waals surface area (Å²) in [5.74, 6) is -1.61. The summed E-state index contributed by atoms with van der Waals surface area (Å²) in [4.78, 5) is 40.8. The average Bonchev–Trinajstić information content (AvgIpc) is 3.30. The van der Waals surface area contributed by atoms with Crippen LogP contribution in [0.1, 0.15) is 36.3 Å². The van der Waals surface area contributed by atoms with Crippen molar-refractivity contribution < 1.29 is 29.0 Å². The van der Waals surface area contributed by atoms with Crippen LogP contribution in [0.5, 0.6) is 0 Å². The Hall–Kier alpha value is -3.39. The number of rotatable bonds is 6. The molecule has 2 aromatic carbocycles. The number of morpholine rings is 1. The zero-order chi connectivity index (χ0) is 23.8. The van der Waals surface area contributed by atoms with Crippen molar-refractivity contribution in [3.05, 3.63) is 59.7 Å². The summed E-state index contributed by atoms with van der Waals surface area (Å²) in [6, 6.07) is 14.8. The summed E-state index contributed by atoms with van der Waals surface area (Å²) in [5.41, 5.74) is 4.41. The monoisotopic (exact) mass is 464 g/mol. The summed E-state index contributed by atoms with van der Waals surface area (Å²) < 4.78 is 11.2. The number of hydrogen-bond donors (Lipinski definition) is 1. The lowest BCUT2D eigenvalue weighted by molar-refractivity contribution is -0.150. The number of carbonyl (C=O) groups excluding carboxylic acids is 2. The molecular formula is C26H28N2O6. The van der Waals surface area contributed by atoms with Gasteiger partial charge in [0.2, 0.25) is 5.91 Å². The van der Waals surface area contributed by atoms with E-state index in [1.54, 1.807) is 4.90 Å². The topological polar surface area (TPSA) is 96.4 Å². The van der Waals surface area contributed by atoms with E-state index in [0.29, 0.717) is 13.2 Å². The summed E-state index contributed by atoms with van der Waals surface area (Å²) in [5, 5.41) is 9.46. The minimum atomic E-state index is -1.14. The van der Waals surface area contributed by atoms with Crippen LogP contribution in [0.2, 0.25) is 0 Å². The van der Waals surface area contributed by atoms with Gasteiger partial charge < -0.3 is 19.5 Å². The smallest absolute Gasteiger partial charge is 0.410 e. The molecule has 8 heteroatoms. The Morgan fingerprint density at radius 3 is 2.15 bits per heavy atom. The Morgan fingerprint density at radius 2 is 1.59 bits per heavy atom. The second-order valence-electron chi connectivity index (χ2n) is 9.20. The van der Waals surface area contributed by atoms with Crippen LogP contribution in [0.4, 0.5) is 4.79 Å². The third-order valence-corrected chi connectivity index (χ3v) is 7.24. The molecule has 2 amide bonds. The van der Waals surface area contributed by atoms with Crippen LogP contribution in [-0.4, -0.2) is 77.9 Å². The second kappa shape index (κ2) is 9.10. The lowest BCUT2D eigenvalue weighted by Crippen LogP contribution is -2.57. The molecule has 2 aromatic rings. The van der Waals surface area contributed by atoms with Gasteiger partial charge in [-0.2, -0.15) is 0 Å².